The van der Waals surface area contributed by atoms with Crippen LogP contribution in [0.5, 0.6) is 0 Å². The van der Waals surface area contributed by atoms with E-state index >= 15 is 0 Å². The molecule has 110 valence electrons. The third-order valence-electron chi connectivity index (χ3n) is 3.27. The van der Waals surface area contributed by atoms with Gasteiger partial charge in [0.15, 0.2) is 0 Å². The lowest BCUT2D eigenvalue weighted by Crippen LogP contribution is -2.53. The second kappa shape index (κ2) is 5.80. The summed E-state index contributed by atoms with van der Waals surface area (Å²) in [6.07, 6.45) is 2.90. The zero-order valence-electron chi connectivity index (χ0n) is 12.3. The van der Waals surface area contributed by atoms with Gasteiger partial charge in [-0.1, -0.05) is 13.3 Å². The number of ether oxygens (including phenoxy) is 1. The number of aliphatic carboxylic acids is 1. The first-order valence-electron chi connectivity index (χ1n) is 6.91. The minimum Gasteiger partial charge on any atom is -0.481 e. The van der Waals surface area contributed by atoms with Crippen LogP contribution in [-0.2, 0) is 9.53 Å². The van der Waals surface area contributed by atoms with E-state index in [9.17, 15) is 9.59 Å². The number of carbonyl (C=O) groups excluding carboxylic acids is 1. The van der Waals surface area contributed by atoms with Crippen molar-refractivity contribution in [2.75, 3.05) is 0 Å². The summed E-state index contributed by atoms with van der Waals surface area (Å²) in [6.45, 7) is 7.38. The van der Waals surface area contributed by atoms with Crippen molar-refractivity contribution in [1.82, 2.24) is 5.32 Å². The molecule has 0 aliphatic heterocycles. The Kier molecular flexibility index (Phi) is 4.82. The molecule has 0 radical (unpaired) electrons. The molecular weight excluding hydrogens is 246 g/mol. The van der Waals surface area contributed by atoms with E-state index in [0.29, 0.717) is 6.42 Å². The Balaban J connectivity index is 2.77. The molecule has 5 heteroatoms. The van der Waals surface area contributed by atoms with E-state index in [1.54, 1.807) is 20.8 Å². The van der Waals surface area contributed by atoms with Gasteiger partial charge in [-0.25, -0.2) is 4.79 Å². The summed E-state index contributed by atoms with van der Waals surface area (Å²) < 4.78 is 5.26. The van der Waals surface area contributed by atoms with Crippen molar-refractivity contribution in [2.24, 2.45) is 5.92 Å². The van der Waals surface area contributed by atoms with E-state index in [0.717, 1.165) is 19.3 Å². The first-order chi connectivity index (χ1) is 8.68. The summed E-state index contributed by atoms with van der Waals surface area (Å²) in [5.74, 6) is -0.618. The molecule has 1 rings (SSSR count). The van der Waals surface area contributed by atoms with E-state index < -0.39 is 23.2 Å². The highest BCUT2D eigenvalue weighted by molar-refractivity contribution is 5.73. The molecule has 0 aromatic carbocycles. The third kappa shape index (κ3) is 5.09. The molecule has 0 aromatic rings. The molecule has 1 atom stereocenters. The Morgan fingerprint density at radius 2 is 1.89 bits per heavy atom. The first-order valence-corrected chi connectivity index (χ1v) is 6.91. The van der Waals surface area contributed by atoms with Crippen molar-refractivity contribution in [3.63, 3.8) is 0 Å². The molecule has 1 aliphatic rings. The van der Waals surface area contributed by atoms with Gasteiger partial charge in [0.05, 0.1) is 12.0 Å². The number of carboxylic acids is 1. The Morgan fingerprint density at radius 1 is 1.32 bits per heavy atom. The van der Waals surface area contributed by atoms with E-state index in [1.807, 2.05) is 6.92 Å². The lowest BCUT2D eigenvalue weighted by Gasteiger charge is -2.34. The molecular formula is C14H25NO4. The van der Waals surface area contributed by atoms with E-state index in [-0.39, 0.29) is 12.3 Å². The largest absolute Gasteiger partial charge is 0.481 e. The van der Waals surface area contributed by atoms with Crippen molar-refractivity contribution >= 4 is 12.1 Å². The van der Waals surface area contributed by atoms with Crippen LogP contribution in [0.3, 0.4) is 0 Å². The Morgan fingerprint density at radius 3 is 2.26 bits per heavy atom. The monoisotopic (exact) mass is 271 g/mol. The number of alkyl carbamates (subject to hydrolysis) is 1. The van der Waals surface area contributed by atoms with Crippen molar-refractivity contribution in [3.05, 3.63) is 0 Å². The van der Waals surface area contributed by atoms with Gasteiger partial charge in [-0.15, -0.1) is 0 Å². The van der Waals surface area contributed by atoms with Crippen LogP contribution in [-0.4, -0.2) is 28.3 Å². The van der Waals surface area contributed by atoms with Crippen LogP contribution in [0.25, 0.3) is 0 Å². The second-order valence-corrected chi connectivity index (χ2v) is 6.38. The van der Waals surface area contributed by atoms with Crippen molar-refractivity contribution in [1.29, 1.82) is 0 Å². The van der Waals surface area contributed by atoms with Gasteiger partial charge >= 0.3 is 12.1 Å². The van der Waals surface area contributed by atoms with Gasteiger partial charge in [-0.3, -0.25) is 4.79 Å². The molecule has 1 fully saturated rings. The molecule has 0 heterocycles. The van der Waals surface area contributed by atoms with Gasteiger partial charge in [0, 0.05) is 0 Å². The molecule has 1 aliphatic carbocycles. The predicted octanol–water partition coefficient (Wildman–Crippen LogP) is 2.93. The molecule has 1 unspecified atom stereocenters. The molecule has 1 amide bonds. The summed E-state index contributed by atoms with van der Waals surface area (Å²) in [7, 11) is 0. The van der Waals surface area contributed by atoms with Crippen LogP contribution >= 0.6 is 0 Å². The molecule has 5 nitrogen and oxygen atoms in total. The molecule has 1 saturated carbocycles. The SMILES string of the molecule is CCCC(CC(=O)O)(NC(=O)OC(C)(C)C)C1CC1. The van der Waals surface area contributed by atoms with Crippen LogP contribution in [0.4, 0.5) is 4.79 Å². The number of hydrogen-bond donors (Lipinski definition) is 2. The first kappa shape index (κ1) is 15.8. The molecule has 0 spiro atoms. The normalized spacial score (nSPS) is 18.5. The maximum atomic E-state index is 11.9. The van der Waals surface area contributed by atoms with E-state index in [4.69, 9.17) is 9.84 Å². The molecule has 2 N–H and O–H groups in total. The quantitative estimate of drug-likeness (QED) is 0.778. The fourth-order valence-electron chi connectivity index (χ4n) is 2.50. The zero-order valence-corrected chi connectivity index (χ0v) is 12.3. The Hall–Kier alpha value is -1.26. The van der Waals surface area contributed by atoms with Crippen LogP contribution in [0, 0.1) is 5.92 Å². The maximum Gasteiger partial charge on any atom is 0.408 e. The second-order valence-electron chi connectivity index (χ2n) is 6.38. The van der Waals surface area contributed by atoms with Gasteiger partial charge in [0.1, 0.15) is 5.60 Å². The minimum atomic E-state index is -0.878. The summed E-state index contributed by atoms with van der Waals surface area (Å²) in [5, 5.41) is 11.9. The highest BCUT2D eigenvalue weighted by Crippen LogP contribution is 2.44. The van der Waals surface area contributed by atoms with Crippen molar-refractivity contribution in [3.8, 4) is 0 Å². The lowest BCUT2D eigenvalue weighted by molar-refractivity contribution is -0.139. The van der Waals surface area contributed by atoms with E-state index in [2.05, 4.69) is 5.32 Å². The van der Waals surface area contributed by atoms with Gasteiger partial charge in [-0.05, 0) is 46.0 Å². The van der Waals surface area contributed by atoms with Crippen LogP contribution in [0.1, 0.15) is 59.8 Å². The maximum absolute atomic E-state index is 11.9. The van der Waals surface area contributed by atoms with Gasteiger partial charge < -0.3 is 15.2 Å². The fourth-order valence-corrected chi connectivity index (χ4v) is 2.50. The summed E-state index contributed by atoms with van der Waals surface area (Å²) in [5.41, 5.74) is -1.22. The topological polar surface area (TPSA) is 75.6 Å². The summed E-state index contributed by atoms with van der Waals surface area (Å²) >= 11 is 0. The highest BCUT2D eigenvalue weighted by Gasteiger charge is 2.47. The van der Waals surface area contributed by atoms with Gasteiger partial charge in [0.2, 0.25) is 0 Å². The molecule has 19 heavy (non-hydrogen) atoms. The Bertz CT molecular complexity index is 344. The average Bonchev–Trinajstić information content (AvgIpc) is 2.95. The number of nitrogens with one attached hydrogen (secondary N) is 1. The minimum absolute atomic E-state index is 0.0370. The molecule has 0 bridgehead atoms. The number of amides is 1. The van der Waals surface area contributed by atoms with Gasteiger partial charge in [0.25, 0.3) is 0 Å². The summed E-state index contributed by atoms with van der Waals surface area (Å²) in [6, 6.07) is 0. The van der Waals surface area contributed by atoms with Gasteiger partial charge in [-0.2, -0.15) is 0 Å². The Labute approximate surface area is 114 Å². The summed E-state index contributed by atoms with van der Waals surface area (Å²) in [4.78, 5) is 23.0. The number of carbonyl (C=O) groups is 2. The number of rotatable bonds is 6. The average molecular weight is 271 g/mol. The molecule has 0 aromatic heterocycles. The number of hydrogen-bond acceptors (Lipinski definition) is 3. The predicted molar refractivity (Wildman–Crippen MR) is 72.0 cm³/mol. The van der Waals surface area contributed by atoms with E-state index in [1.165, 1.54) is 0 Å². The van der Waals surface area contributed by atoms with Crippen molar-refractivity contribution < 1.29 is 19.4 Å². The lowest BCUT2D eigenvalue weighted by atomic mass is 9.85. The van der Waals surface area contributed by atoms with Crippen molar-refractivity contribution in [2.45, 2.75) is 70.9 Å². The highest BCUT2D eigenvalue weighted by atomic mass is 16.6. The van der Waals surface area contributed by atoms with Crippen LogP contribution in [0.2, 0.25) is 0 Å². The standard InChI is InChI=1S/C14H25NO4/c1-5-8-14(9-11(16)17,10-6-7-10)15-12(18)19-13(2,3)4/h10H,5-9H2,1-4H3,(H,15,18)(H,16,17). The number of carboxylic acid groups (broad SMARTS) is 1. The molecule has 0 saturated heterocycles. The zero-order chi connectivity index (χ0) is 14.7. The van der Waals surface area contributed by atoms with Crippen LogP contribution in [0.15, 0.2) is 0 Å². The smallest absolute Gasteiger partial charge is 0.408 e. The van der Waals surface area contributed by atoms with Crippen LogP contribution < -0.4 is 5.32 Å². The fraction of sp³-hybridized carbons (Fsp3) is 0.857. The third-order valence-corrected chi connectivity index (χ3v) is 3.27.